The molecule has 0 bridgehead atoms. The van der Waals surface area contributed by atoms with E-state index >= 15 is 0 Å². The zero-order chi connectivity index (χ0) is 16.3. The van der Waals surface area contributed by atoms with Gasteiger partial charge >= 0.3 is 0 Å². The van der Waals surface area contributed by atoms with Crippen LogP contribution in [0.2, 0.25) is 0 Å². The summed E-state index contributed by atoms with van der Waals surface area (Å²) in [5.74, 6) is -0.293. The Bertz CT molecular complexity index is 674. The molecule has 0 fully saturated rings. The van der Waals surface area contributed by atoms with Gasteiger partial charge in [-0.25, -0.2) is 4.68 Å². The molecular weight excluding hydrogens is 280 g/mol. The van der Waals surface area contributed by atoms with E-state index in [9.17, 15) is 9.59 Å². The maximum atomic E-state index is 12.3. The van der Waals surface area contributed by atoms with Gasteiger partial charge in [0.2, 0.25) is 5.91 Å². The number of likely N-dealkylation sites (N-methyl/N-ethyl adjacent to an activating group) is 2. The van der Waals surface area contributed by atoms with E-state index in [-0.39, 0.29) is 18.4 Å². The fourth-order valence-corrected chi connectivity index (χ4v) is 2.02. The van der Waals surface area contributed by atoms with E-state index in [2.05, 4.69) is 5.10 Å². The van der Waals surface area contributed by atoms with Gasteiger partial charge < -0.3 is 9.80 Å². The van der Waals surface area contributed by atoms with E-state index in [0.717, 1.165) is 11.4 Å². The summed E-state index contributed by atoms with van der Waals surface area (Å²) in [4.78, 5) is 26.8. The highest BCUT2D eigenvalue weighted by molar-refractivity contribution is 5.96. The highest BCUT2D eigenvalue weighted by atomic mass is 16.2. The minimum atomic E-state index is -0.182. The topological polar surface area (TPSA) is 58.4 Å². The lowest BCUT2D eigenvalue weighted by molar-refractivity contribution is -0.129. The van der Waals surface area contributed by atoms with Crippen LogP contribution in [0.15, 0.2) is 36.5 Å². The maximum Gasteiger partial charge on any atom is 0.254 e. The largest absolute Gasteiger partial charge is 0.347 e. The molecule has 0 atom stereocenters. The average Bonchev–Trinajstić information content (AvgIpc) is 2.92. The number of amides is 2. The number of aryl methyl sites for hydroxylation is 1. The van der Waals surface area contributed by atoms with Crippen molar-refractivity contribution in [3.05, 3.63) is 47.8 Å². The molecule has 0 radical (unpaired) electrons. The molecule has 0 aliphatic heterocycles. The number of nitrogens with zero attached hydrogens (tertiary/aromatic N) is 4. The van der Waals surface area contributed by atoms with E-state index < -0.39 is 0 Å². The zero-order valence-electron chi connectivity index (χ0n) is 13.3. The Balaban J connectivity index is 2.11. The molecule has 6 heteroatoms. The second kappa shape index (κ2) is 6.43. The standard InChI is InChI=1S/C16H20N4O2/c1-12-9-10-17-20(12)14-7-5-13(6-8-14)16(22)19(4)11-15(21)18(2)3/h5-10H,11H2,1-4H3. The minimum absolute atomic E-state index is 0.0614. The Morgan fingerprint density at radius 2 is 1.73 bits per heavy atom. The van der Waals surface area contributed by atoms with E-state index in [1.807, 2.05) is 25.1 Å². The number of hydrogen-bond acceptors (Lipinski definition) is 3. The lowest BCUT2D eigenvalue weighted by atomic mass is 10.2. The first-order valence-corrected chi connectivity index (χ1v) is 6.97. The normalized spacial score (nSPS) is 10.4. The number of rotatable bonds is 4. The van der Waals surface area contributed by atoms with E-state index in [1.165, 1.54) is 9.80 Å². The van der Waals surface area contributed by atoms with Crippen molar-refractivity contribution >= 4 is 11.8 Å². The number of carbonyl (C=O) groups is 2. The van der Waals surface area contributed by atoms with E-state index in [1.54, 1.807) is 44.2 Å². The Labute approximate surface area is 129 Å². The van der Waals surface area contributed by atoms with Crippen molar-refractivity contribution in [2.75, 3.05) is 27.7 Å². The molecule has 2 amide bonds. The second-order valence-electron chi connectivity index (χ2n) is 5.38. The molecule has 1 aromatic carbocycles. The van der Waals surface area contributed by atoms with Gasteiger partial charge in [0.1, 0.15) is 0 Å². The van der Waals surface area contributed by atoms with Crippen molar-refractivity contribution < 1.29 is 9.59 Å². The van der Waals surface area contributed by atoms with Crippen LogP contribution in [-0.2, 0) is 4.79 Å². The Morgan fingerprint density at radius 3 is 2.23 bits per heavy atom. The van der Waals surface area contributed by atoms with Gasteiger partial charge in [0.05, 0.1) is 12.2 Å². The quantitative estimate of drug-likeness (QED) is 0.856. The molecule has 116 valence electrons. The Hall–Kier alpha value is -2.63. The van der Waals surface area contributed by atoms with Crippen LogP contribution in [0.5, 0.6) is 0 Å². The van der Waals surface area contributed by atoms with Crippen LogP contribution in [-0.4, -0.2) is 59.1 Å². The summed E-state index contributed by atoms with van der Waals surface area (Å²) in [5, 5.41) is 4.23. The molecule has 0 saturated heterocycles. The van der Waals surface area contributed by atoms with Crippen LogP contribution in [0.4, 0.5) is 0 Å². The highest BCUT2D eigenvalue weighted by Crippen LogP contribution is 2.12. The van der Waals surface area contributed by atoms with Crippen molar-refractivity contribution in [2.45, 2.75) is 6.92 Å². The fraction of sp³-hybridized carbons (Fsp3) is 0.312. The zero-order valence-corrected chi connectivity index (χ0v) is 13.3. The van der Waals surface area contributed by atoms with Crippen LogP contribution >= 0.6 is 0 Å². The lowest BCUT2D eigenvalue weighted by Gasteiger charge is -2.19. The summed E-state index contributed by atoms with van der Waals surface area (Å²) in [5.41, 5.74) is 2.46. The number of benzene rings is 1. The first kappa shape index (κ1) is 15.8. The summed E-state index contributed by atoms with van der Waals surface area (Å²) in [6.07, 6.45) is 1.73. The average molecular weight is 300 g/mol. The van der Waals surface area contributed by atoms with Crippen molar-refractivity contribution in [1.82, 2.24) is 19.6 Å². The SMILES string of the molecule is Cc1ccnn1-c1ccc(C(=O)N(C)CC(=O)N(C)C)cc1. The third-order valence-corrected chi connectivity index (χ3v) is 3.41. The molecule has 0 saturated carbocycles. The number of aromatic nitrogens is 2. The lowest BCUT2D eigenvalue weighted by Crippen LogP contribution is -2.37. The molecule has 1 aromatic heterocycles. The first-order valence-electron chi connectivity index (χ1n) is 6.97. The number of carbonyl (C=O) groups excluding carboxylic acids is 2. The summed E-state index contributed by atoms with van der Waals surface area (Å²) >= 11 is 0. The summed E-state index contributed by atoms with van der Waals surface area (Å²) in [7, 11) is 4.96. The molecule has 2 rings (SSSR count). The molecule has 0 aliphatic carbocycles. The summed E-state index contributed by atoms with van der Waals surface area (Å²) < 4.78 is 1.80. The van der Waals surface area contributed by atoms with Gasteiger partial charge in [-0.1, -0.05) is 0 Å². The number of hydrogen-bond donors (Lipinski definition) is 0. The van der Waals surface area contributed by atoms with Gasteiger partial charge in [-0.3, -0.25) is 9.59 Å². The highest BCUT2D eigenvalue weighted by Gasteiger charge is 2.16. The van der Waals surface area contributed by atoms with Crippen molar-refractivity contribution in [3.8, 4) is 5.69 Å². The van der Waals surface area contributed by atoms with Crippen LogP contribution in [0.25, 0.3) is 5.69 Å². The van der Waals surface area contributed by atoms with Gasteiger partial charge in [-0.2, -0.15) is 5.10 Å². The van der Waals surface area contributed by atoms with E-state index in [0.29, 0.717) is 5.56 Å². The first-order chi connectivity index (χ1) is 10.4. The molecule has 2 aromatic rings. The van der Waals surface area contributed by atoms with Crippen molar-refractivity contribution in [3.63, 3.8) is 0 Å². The van der Waals surface area contributed by atoms with Crippen molar-refractivity contribution in [1.29, 1.82) is 0 Å². The van der Waals surface area contributed by atoms with Crippen molar-refractivity contribution in [2.24, 2.45) is 0 Å². The molecule has 1 heterocycles. The van der Waals surface area contributed by atoms with Gasteiger partial charge in [-0.15, -0.1) is 0 Å². The molecule has 0 N–H and O–H groups in total. The summed E-state index contributed by atoms with van der Waals surface area (Å²) in [6, 6.07) is 9.09. The van der Waals surface area contributed by atoms with Crippen LogP contribution in [0, 0.1) is 6.92 Å². The summed E-state index contributed by atoms with van der Waals surface area (Å²) in [6.45, 7) is 2.03. The molecule has 0 spiro atoms. The monoisotopic (exact) mass is 300 g/mol. The molecule has 0 unspecified atom stereocenters. The van der Waals surface area contributed by atoms with Gasteiger partial charge in [0.25, 0.3) is 5.91 Å². The fourth-order valence-electron chi connectivity index (χ4n) is 2.02. The molecule has 6 nitrogen and oxygen atoms in total. The van der Waals surface area contributed by atoms with Gasteiger partial charge in [0, 0.05) is 38.6 Å². The Morgan fingerprint density at radius 1 is 1.09 bits per heavy atom. The predicted octanol–water partition coefficient (Wildman–Crippen LogP) is 1.34. The van der Waals surface area contributed by atoms with E-state index in [4.69, 9.17) is 0 Å². The third-order valence-electron chi connectivity index (χ3n) is 3.41. The van der Waals surface area contributed by atoms with Crippen LogP contribution in [0.3, 0.4) is 0 Å². The second-order valence-corrected chi connectivity index (χ2v) is 5.38. The molecular formula is C16H20N4O2. The smallest absolute Gasteiger partial charge is 0.254 e. The van der Waals surface area contributed by atoms with Gasteiger partial charge in [-0.05, 0) is 37.3 Å². The maximum absolute atomic E-state index is 12.3. The van der Waals surface area contributed by atoms with Crippen LogP contribution < -0.4 is 0 Å². The Kier molecular flexibility index (Phi) is 4.60. The minimum Gasteiger partial charge on any atom is -0.347 e. The predicted molar refractivity (Wildman–Crippen MR) is 84.0 cm³/mol. The molecule has 0 aliphatic rings. The van der Waals surface area contributed by atoms with Gasteiger partial charge in [0.15, 0.2) is 0 Å². The molecule has 22 heavy (non-hydrogen) atoms. The third kappa shape index (κ3) is 3.33. The van der Waals surface area contributed by atoms with Crippen LogP contribution in [0.1, 0.15) is 16.1 Å².